The maximum atomic E-state index is 12.1. The van der Waals surface area contributed by atoms with Crippen LogP contribution in [0.5, 0.6) is 0 Å². The molecule has 0 aliphatic carbocycles. The fourth-order valence-electron chi connectivity index (χ4n) is 2.09. The van der Waals surface area contributed by atoms with E-state index in [-0.39, 0.29) is 5.91 Å². The summed E-state index contributed by atoms with van der Waals surface area (Å²) in [5, 5.41) is 2.90. The summed E-state index contributed by atoms with van der Waals surface area (Å²) >= 11 is 1.68. The molecule has 1 amide bonds. The van der Waals surface area contributed by atoms with E-state index in [9.17, 15) is 4.79 Å². The van der Waals surface area contributed by atoms with Crippen molar-refractivity contribution < 1.29 is 4.79 Å². The van der Waals surface area contributed by atoms with Gasteiger partial charge in [-0.25, -0.2) is 0 Å². The van der Waals surface area contributed by atoms with E-state index in [1.807, 2.05) is 54.6 Å². The van der Waals surface area contributed by atoms with Gasteiger partial charge in [-0.1, -0.05) is 36.0 Å². The zero-order valence-electron chi connectivity index (χ0n) is 12.5. The van der Waals surface area contributed by atoms with Crippen LogP contribution >= 0.6 is 11.8 Å². The van der Waals surface area contributed by atoms with Crippen molar-refractivity contribution in [3.05, 3.63) is 90.3 Å². The highest BCUT2D eigenvalue weighted by Crippen LogP contribution is 2.27. The Morgan fingerprint density at radius 1 is 0.913 bits per heavy atom. The maximum absolute atomic E-state index is 12.1. The van der Waals surface area contributed by atoms with Gasteiger partial charge in [-0.15, -0.1) is 0 Å². The molecule has 0 spiro atoms. The van der Waals surface area contributed by atoms with Crippen LogP contribution < -0.4 is 5.32 Å². The van der Waals surface area contributed by atoms with E-state index in [4.69, 9.17) is 0 Å². The van der Waals surface area contributed by atoms with E-state index >= 15 is 0 Å². The molecule has 4 heteroatoms. The Labute approximate surface area is 139 Å². The van der Waals surface area contributed by atoms with Gasteiger partial charge in [-0.05, 0) is 48.0 Å². The molecule has 114 valence electrons. The predicted molar refractivity (Wildman–Crippen MR) is 92.4 cm³/mol. The number of pyridine rings is 1. The van der Waals surface area contributed by atoms with Gasteiger partial charge >= 0.3 is 0 Å². The molecule has 3 aromatic rings. The molecule has 0 radical (unpaired) electrons. The predicted octanol–water partition coefficient (Wildman–Crippen LogP) is 4.16. The maximum Gasteiger partial charge on any atom is 0.251 e. The summed E-state index contributed by atoms with van der Waals surface area (Å²) in [4.78, 5) is 18.5. The summed E-state index contributed by atoms with van der Waals surface area (Å²) in [6.45, 7) is 0.479. The molecule has 0 fully saturated rings. The van der Waals surface area contributed by atoms with Crippen molar-refractivity contribution in [1.29, 1.82) is 0 Å². The molecular formula is C19H16N2OS. The highest BCUT2D eigenvalue weighted by molar-refractivity contribution is 7.99. The Bertz CT molecular complexity index is 758. The lowest BCUT2D eigenvalue weighted by atomic mass is 10.2. The van der Waals surface area contributed by atoms with Crippen molar-refractivity contribution >= 4 is 17.7 Å². The number of rotatable bonds is 5. The average Bonchev–Trinajstić information content (AvgIpc) is 2.62. The Morgan fingerprint density at radius 2 is 1.65 bits per heavy atom. The summed E-state index contributed by atoms with van der Waals surface area (Å²) < 4.78 is 0. The van der Waals surface area contributed by atoms with E-state index in [1.165, 1.54) is 4.90 Å². The number of benzene rings is 2. The molecule has 0 aliphatic rings. The zero-order valence-corrected chi connectivity index (χ0v) is 13.3. The van der Waals surface area contributed by atoms with Crippen LogP contribution in [0.1, 0.15) is 15.9 Å². The van der Waals surface area contributed by atoms with Gasteiger partial charge in [0.25, 0.3) is 5.91 Å². The summed E-state index contributed by atoms with van der Waals surface area (Å²) in [6.07, 6.45) is 3.47. The van der Waals surface area contributed by atoms with Crippen LogP contribution in [0.2, 0.25) is 0 Å². The first kappa shape index (κ1) is 15.3. The molecule has 0 unspecified atom stereocenters. The minimum Gasteiger partial charge on any atom is -0.348 e. The summed E-state index contributed by atoms with van der Waals surface area (Å²) in [5.41, 5.74) is 1.64. The molecule has 1 aromatic heterocycles. The lowest BCUT2D eigenvalue weighted by molar-refractivity contribution is 0.0951. The SMILES string of the molecule is O=C(NCc1cccnc1)c1ccc(Sc2ccccc2)cc1. The van der Waals surface area contributed by atoms with Gasteiger partial charge in [0.05, 0.1) is 0 Å². The van der Waals surface area contributed by atoms with Crippen molar-refractivity contribution in [1.82, 2.24) is 10.3 Å². The fourth-order valence-corrected chi connectivity index (χ4v) is 2.92. The van der Waals surface area contributed by atoms with Crippen LogP contribution in [0.25, 0.3) is 0 Å². The lowest BCUT2D eigenvalue weighted by Crippen LogP contribution is -2.22. The van der Waals surface area contributed by atoms with Crippen molar-refractivity contribution in [3.8, 4) is 0 Å². The normalized spacial score (nSPS) is 10.3. The summed E-state index contributed by atoms with van der Waals surface area (Å²) in [5.74, 6) is -0.0786. The quantitative estimate of drug-likeness (QED) is 0.767. The van der Waals surface area contributed by atoms with Gasteiger partial charge in [0.15, 0.2) is 0 Å². The van der Waals surface area contributed by atoms with Gasteiger partial charge < -0.3 is 5.32 Å². The molecule has 3 nitrogen and oxygen atoms in total. The van der Waals surface area contributed by atoms with Crippen molar-refractivity contribution in [2.45, 2.75) is 16.3 Å². The van der Waals surface area contributed by atoms with Crippen LogP contribution in [-0.2, 0) is 6.54 Å². The summed E-state index contributed by atoms with van der Waals surface area (Å²) in [7, 11) is 0. The highest BCUT2D eigenvalue weighted by atomic mass is 32.2. The van der Waals surface area contributed by atoms with E-state index in [0.717, 1.165) is 10.5 Å². The molecule has 0 saturated heterocycles. The number of aromatic nitrogens is 1. The van der Waals surface area contributed by atoms with Gasteiger partial charge in [0.1, 0.15) is 0 Å². The van der Waals surface area contributed by atoms with Crippen LogP contribution in [0.4, 0.5) is 0 Å². The second-order valence-corrected chi connectivity index (χ2v) is 6.13. The molecular weight excluding hydrogens is 304 g/mol. The third-order valence-electron chi connectivity index (χ3n) is 3.27. The molecule has 0 saturated carbocycles. The van der Waals surface area contributed by atoms with Crippen LogP contribution in [0.15, 0.2) is 88.9 Å². The fraction of sp³-hybridized carbons (Fsp3) is 0.0526. The number of hydrogen-bond acceptors (Lipinski definition) is 3. The first-order valence-electron chi connectivity index (χ1n) is 7.31. The van der Waals surface area contributed by atoms with E-state index in [0.29, 0.717) is 12.1 Å². The summed E-state index contributed by atoms with van der Waals surface area (Å²) in [6, 6.07) is 21.6. The largest absolute Gasteiger partial charge is 0.348 e. The number of nitrogens with zero attached hydrogens (tertiary/aromatic N) is 1. The Hall–Kier alpha value is -2.59. The first-order chi connectivity index (χ1) is 11.3. The zero-order chi connectivity index (χ0) is 15.9. The van der Waals surface area contributed by atoms with Gasteiger partial charge in [0.2, 0.25) is 0 Å². The van der Waals surface area contributed by atoms with E-state index < -0.39 is 0 Å². The molecule has 0 bridgehead atoms. The van der Waals surface area contributed by atoms with Crippen LogP contribution in [0.3, 0.4) is 0 Å². The Balaban J connectivity index is 1.59. The molecule has 0 aliphatic heterocycles. The first-order valence-corrected chi connectivity index (χ1v) is 8.13. The second-order valence-electron chi connectivity index (χ2n) is 4.98. The van der Waals surface area contributed by atoms with Crippen molar-refractivity contribution in [2.75, 3.05) is 0 Å². The average molecular weight is 320 g/mol. The molecule has 23 heavy (non-hydrogen) atoms. The smallest absolute Gasteiger partial charge is 0.251 e. The monoisotopic (exact) mass is 320 g/mol. The number of carbonyl (C=O) groups excluding carboxylic acids is 1. The molecule has 0 atom stereocenters. The second kappa shape index (κ2) is 7.61. The highest BCUT2D eigenvalue weighted by Gasteiger charge is 2.05. The van der Waals surface area contributed by atoms with Gasteiger partial charge in [0, 0.05) is 34.3 Å². The molecule has 2 aromatic carbocycles. The molecule has 1 N–H and O–H groups in total. The van der Waals surface area contributed by atoms with E-state index in [1.54, 1.807) is 24.2 Å². The standard InChI is InChI=1S/C19H16N2OS/c22-19(21-14-15-5-4-12-20-13-15)16-8-10-18(11-9-16)23-17-6-2-1-3-7-17/h1-13H,14H2,(H,21,22). The van der Waals surface area contributed by atoms with Crippen LogP contribution in [-0.4, -0.2) is 10.9 Å². The van der Waals surface area contributed by atoms with Gasteiger partial charge in [-0.2, -0.15) is 0 Å². The Morgan fingerprint density at radius 3 is 2.35 bits per heavy atom. The number of hydrogen-bond donors (Lipinski definition) is 1. The van der Waals surface area contributed by atoms with Crippen molar-refractivity contribution in [3.63, 3.8) is 0 Å². The Kier molecular flexibility index (Phi) is 5.06. The van der Waals surface area contributed by atoms with E-state index in [2.05, 4.69) is 22.4 Å². The van der Waals surface area contributed by atoms with Crippen LogP contribution in [0, 0.1) is 0 Å². The van der Waals surface area contributed by atoms with Gasteiger partial charge in [-0.3, -0.25) is 9.78 Å². The molecule has 1 heterocycles. The third-order valence-corrected chi connectivity index (χ3v) is 4.29. The topological polar surface area (TPSA) is 42.0 Å². The number of nitrogens with one attached hydrogen (secondary N) is 1. The third kappa shape index (κ3) is 4.44. The number of amides is 1. The lowest BCUT2D eigenvalue weighted by Gasteiger charge is -2.06. The minimum absolute atomic E-state index is 0.0786. The minimum atomic E-state index is -0.0786. The van der Waals surface area contributed by atoms with Crippen molar-refractivity contribution in [2.24, 2.45) is 0 Å². The number of carbonyl (C=O) groups is 1. The molecule has 3 rings (SSSR count).